The molecule has 0 heterocycles. The molecule has 1 aromatic rings. The van der Waals surface area contributed by atoms with E-state index in [0.717, 1.165) is 25.2 Å². The number of sulfonamides is 1. The van der Waals surface area contributed by atoms with Crippen molar-refractivity contribution >= 4 is 40.0 Å². The molecule has 0 radical (unpaired) electrons. The summed E-state index contributed by atoms with van der Waals surface area (Å²) in [5.41, 5.74) is 1.91. The molecule has 0 aromatic heterocycles. The van der Waals surface area contributed by atoms with Crippen LogP contribution in [0.2, 0.25) is 0 Å². The van der Waals surface area contributed by atoms with Crippen LogP contribution in [0.1, 0.15) is 31.9 Å². The smallest absolute Gasteiger partial charge is 0.209 e. The summed E-state index contributed by atoms with van der Waals surface area (Å²) in [5, 5.41) is 3.22. The first-order valence-electron chi connectivity index (χ1n) is 8.05. The third-order valence-corrected chi connectivity index (χ3v) is 4.50. The van der Waals surface area contributed by atoms with Crippen LogP contribution in [-0.2, 0) is 23.0 Å². The van der Waals surface area contributed by atoms with Gasteiger partial charge in [0.15, 0.2) is 5.96 Å². The maximum Gasteiger partial charge on any atom is 0.209 e. The van der Waals surface area contributed by atoms with Gasteiger partial charge in [0.05, 0.1) is 6.26 Å². The van der Waals surface area contributed by atoms with Crippen molar-refractivity contribution in [1.29, 1.82) is 0 Å². The summed E-state index contributed by atoms with van der Waals surface area (Å²) in [4.78, 5) is 6.28. The molecule has 0 aliphatic carbocycles. The molecule has 0 bridgehead atoms. The molecule has 0 atom stereocenters. The fraction of sp³-hybridized carbons (Fsp3) is 0.588. The minimum Gasteiger partial charge on any atom is -0.354 e. The Labute approximate surface area is 169 Å². The quantitative estimate of drug-likeness (QED) is 0.355. The fourth-order valence-electron chi connectivity index (χ4n) is 2.45. The van der Waals surface area contributed by atoms with Crippen LogP contribution in [-0.4, -0.2) is 51.7 Å². The van der Waals surface area contributed by atoms with E-state index >= 15 is 0 Å². The Kier molecular flexibility index (Phi) is 9.96. The summed E-state index contributed by atoms with van der Waals surface area (Å²) < 4.78 is 25.4. The third kappa shape index (κ3) is 9.41. The second kappa shape index (κ2) is 10.3. The molecule has 1 aromatic carbocycles. The van der Waals surface area contributed by atoms with Crippen molar-refractivity contribution in [1.82, 2.24) is 14.9 Å². The molecule has 0 fully saturated rings. The van der Waals surface area contributed by atoms with Gasteiger partial charge in [-0.3, -0.25) is 4.99 Å². The van der Waals surface area contributed by atoms with Crippen molar-refractivity contribution in [3.8, 4) is 0 Å². The Hall–Kier alpha value is -0.870. The van der Waals surface area contributed by atoms with Crippen LogP contribution >= 0.6 is 24.0 Å². The Morgan fingerprint density at radius 2 is 1.72 bits per heavy atom. The molecular weight excluding hydrogens is 451 g/mol. The average Bonchev–Trinajstić information content (AvgIpc) is 2.46. The van der Waals surface area contributed by atoms with E-state index < -0.39 is 15.6 Å². The van der Waals surface area contributed by atoms with E-state index in [1.165, 1.54) is 11.1 Å². The molecular formula is C17H31IN4O2S. The van der Waals surface area contributed by atoms with Crippen LogP contribution in [0.25, 0.3) is 0 Å². The highest BCUT2D eigenvalue weighted by atomic mass is 127. The summed E-state index contributed by atoms with van der Waals surface area (Å²) >= 11 is 0. The van der Waals surface area contributed by atoms with Gasteiger partial charge < -0.3 is 10.2 Å². The zero-order valence-corrected chi connectivity index (χ0v) is 19.1. The van der Waals surface area contributed by atoms with Crippen LogP contribution in [0.15, 0.2) is 29.3 Å². The van der Waals surface area contributed by atoms with E-state index in [0.29, 0.717) is 6.54 Å². The Morgan fingerprint density at radius 1 is 1.20 bits per heavy atom. The van der Waals surface area contributed by atoms with Crippen LogP contribution in [0.4, 0.5) is 0 Å². The Bertz CT molecular complexity index is 658. The van der Waals surface area contributed by atoms with Crippen molar-refractivity contribution < 1.29 is 8.42 Å². The van der Waals surface area contributed by atoms with E-state index in [-0.39, 0.29) is 24.0 Å². The van der Waals surface area contributed by atoms with Gasteiger partial charge in [-0.15, -0.1) is 24.0 Å². The molecule has 8 heteroatoms. The van der Waals surface area contributed by atoms with E-state index in [1.54, 1.807) is 7.05 Å². The fourth-order valence-corrected chi connectivity index (χ4v) is 3.53. The molecule has 2 N–H and O–H groups in total. The van der Waals surface area contributed by atoms with Gasteiger partial charge in [-0.25, -0.2) is 13.1 Å². The van der Waals surface area contributed by atoms with E-state index in [1.807, 2.05) is 25.8 Å². The molecule has 0 saturated carbocycles. The van der Waals surface area contributed by atoms with Crippen LogP contribution in [0.3, 0.4) is 0 Å². The van der Waals surface area contributed by atoms with Gasteiger partial charge in [0.25, 0.3) is 0 Å². The minimum absolute atomic E-state index is 0. The lowest BCUT2D eigenvalue weighted by molar-refractivity contribution is 0.422. The lowest BCUT2D eigenvalue weighted by atomic mass is 10.1. The molecule has 0 spiro atoms. The first kappa shape index (κ1) is 24.1. The highest BCUT2D eigenvalue weighted by molar-refractivity contribution is 14.0. The summed E-state index contributed by atoms with van der Waals surface area (Å²) in [7, 11) is 0.421. The highest BCUT2D eigenvalue weighted by Gasteiger charge is 2.22. The van der Waals surface area contributed by atoms with Crippen molar-refractivity contribution in [2.75, 3.05) is 26.9 Å². The number of aliphatic imine (C=N–C) groups is 1. The number of rotatable bonds is 7. The lowest BCUT2D eigenvalue weighted by Crippen LogP contribution is -2.53. The number of nitrogens with zero attached hydrogens (tertiary/aromatic N) is 2. The van der Waals surface area contributed by atoms with Crippen LogP contribution in [0.5, 0.6) is 0 Å². The SMILES string of the molecule is CCc1ccc(CN(C)C(=NC)NCC(C)(C)NS(C)(=O)=O)cc1.I. The van der Waals surface area contributed by atoms with Crippen molar-refractivity contribution in [3.05, 3.63) is 35.4 Å². The maximum atomic E-state index is 11.4. The molecule has 0 aliphatic rings. The molecule has 25 heavy (non-hydrogen) atoms. The van der Waals surface area contributed by atoms with Gasteiger partial charge in [0.1, 0.15) is 0 Å². The second-order valence-corrected chi connectivity index (χ2v) is 8.43. The summed E-state index contributed by atoms with van der Waals surface area (Å²) in [6.45, 7) is 6.96. The van der Waals surface area contributed by atoms with Crippen molar-refractivity contribution in [3.63, 3.8) is 0 Å². The summed E-state index contributed by atoms with van der Waals surface area (Å²) in [6, 6.07) is 8.52. The van der Waals surface area contributed by atoms with Gasteiger partial charge in [-0.1, -0.05) is 31.2 Å². The molecule has 0 amide bonds. The highest BCUT2D eigenvalue weighted by Crippen LogP contribution is 2.08. The standard InChI is InChI=1S/C17H30N4O2S.HI/c1-7-14-8-10-15(11-9-14)12-21(5)16(18-4)19-13-17(2,3)20-24(6,22)23;/h8-11,20H,7,12-13H2,1-6H3,(H,18,19);1H. The van der Waals surface area contributed by atoms with Gasteiger partial charge >= 0.3 is 0 Å². The minimum atomic E-state index is -3.26. The van der Waals surface area contributed by atoms with Gasteiger partial charge in [-0.05, 0) is 31.4 Å². The average molecular weight is 482 g/mol. The number of hydrogen-bond acceptors (Lipinski definition) is 3. The zero-order chi connectivity index (χ0) is 18.4. The van der Waals surface area contributed by atoms with Crippen LogP contribution < -0.4 is 10.0 Å². The normalized spacial score (nSPS) is 12.5. The predicted molar refractivity (Wildman–Crippen MR) is 116 cm³/mol. The maximum absolute atomic E-state index is 11.4. The second-order valence-electron chi connectivity index (χ2n) is 6.68. The molecule has 0 aliphatic heterocycles. The topological polar surface area (TPSA) is 73.8 Å². The first-order chi connectivity index (χ1) is 11.1. The molecule has 6 nitrogen and oxygen atoms in total. The Balaban J connectivity index is 0.00000576. The summed E-state index contributed by atoms with van der Waals surface area (Å²) in [5.74, 6) is 0.720. The predicted octanol–water partition coefficient (Wildman–Crippen LogP) is 2.20. The number of guanidine groups is 1. The van der Waals surface area contributed by atoms with Crippen molar-refractivity contribution in [2.24, 2.45) is 4.99 Å². The van der Waals surface area contributed by atoms with Gasteiger partial charge in [-0.2, -0.15) is 0 Å². The van der Waals surface area contributed by atoms with Crippen molar-refractivity contribution in [2.45, 2.75) is 39.3 Å². The molecule has 0 saturated heterocycles. The summed E-state index contributed by atoms with van der Waals surface area (Å²) in [6.07, 6.45) is 2.19. The third-order valence-electron chi connectivity index (χ3n) is 3.57. The number of hydrogen-bond donors (Lipinski definition) is 2. The van der Waals surface area contributed by atoms with Gasteiger partial charge in [0, 0.05) is 32.7 Å². The molecule has 144 valence electrons. The first-order valence-corrected chi connectivity index (χ1v) is 9.94. The lowest BCUT2D eigenvalue weighted by Gasteiger charge is -2.29. The zero-order valence-electron chi connectivity index (χ0n) is 16.0. The number of benzene rings is 1. The molecule has 1 rings (SSSR count). The number of aryl methyl sites for hydroxylation is 1. The van der Waals surface area contributed by atoms with Crippen LogP contribution in [0, 0.1) is 0 Å². The van der Waals surface area contributed by atoms with E-state index in [4.69, 9.17) is 0 Å². The molecule has 0 unspecified atom stereocenters. The van der Waals surface area contributed by atoms with E-state index in [2.05, 4.69) is 46.2 Å². The Morgan fingerprint density at radius 3 is 2.16 bits per heavy atom. The van der Waals surface area contributed by atoms with E-state index in [9.17, 15) is 8.42 Å². The van der Waals surface area contributed by atoms with Gasteiger partial charge in [0.2, 0.25) is 10.0 Å². The number of nitrogens with one attached hydrogen (secondary N) is 2. The largest absolute Gasteiger partial charge is 0.354 e. The number of halogens is 1. The monoisotopic (exact) mass is 482 g/mol.